The first-order chi connectivity index (χ1) is 11.9. The average Bonchev–Trinajstić information content (AvgIpc) is 2.60. The lowest BCUT2D eigenvalue weighted by Crippen LogP contribution is -2.48. The van der Waals surface area contributed by atoms with Crippen molar-refractivity contribution in [3.63, 3.8) is 0 Å². The second-order valence-electron chi connectivity index (χ2n) is 6.08. The summed E-state index contributed by atoms with van der Waals surface area (Å²) in [7, 11) is -3.48. The molecule has 3 rings (SSSR count). The van der Waals surface area contributed by atoms with E-state index in [2.05, 4.69) is 11.0 Å². The molecule has 134 valence electrons. The summed E-state index contributed by atoms with van der Waals surface area (Å²) in [6.07, 6.45) is 0.904. The minimum Gasteiger partial charge on any atom is -0.300 e. The van der Waals surface area contributed by atoms with E-state index in [0.717, 1.165) is 31.1 Å². The molecule has 1 fully saturated rings. The van der Waals surface area contributed by atoms with Gasteiger partial charge in [0, 0.05) is 42.8 Å². The standard InChI is InChI=1S/C18H20Cl2N2O2S/c19-16-4-1-3-15(13-16)7-8-21-9-11-22(12-10-21)25(23,24)18-6-2-5-17(20)14-18/h1-6,13-14H,7-12H2. The van der Waals surface area contributed by atoms with Crippen molar-refractivity contribution < 1.29 is 8.42 Å². The molecule has 1 saturated heterocycles. The molecule has 0 radical (unpaired) electrons. The Labute approximate surface area is 159 Å². The van der Waals surface area contributed by atoms with E-state index in [4.69, 9.17) is 23.2 Å². The molecule has 1 aliphatic rings. The van der Waals surface area contributed by atoms with E-state index in [9.17, 15) is 8.42 Å². The van der Waals surface area contributed by atoms with Crippen LogP contribution >= 0.6 is 23.2 Å². The first-order valence-corrected chi connectivity index (χ1v) is 10.4. The number of piperazine rings is 1. The van der Waals surface area contributed by atoms with Crippen molar-refractivity contribution >= 4 is 33.2 Å². The highest BCUT2D eigenvalue weighted by molar-refractivity contribution is 7.89. The van der Waals surface area contributed by atoms with Gasteiger partial charge in [-0.3, -0.25) is 0 Å². The van der Waals surface area contributed by atoms with E-state index in [0.29, 0.717) is 18.1 Å². The fourth-order valence-corrected chi connectivity index (χ4v) is 4.89. The van der Waals surface area contributed by atoms with Gasteiger partial charge in [-0.15, -0.1) is 0 Å². The third-order valence-corrected chi connectivity index (χ3v) is 6.74. The van der Waals surface area contributed by atoms with E-state index in [1.54, 1.807) is 18.2 Å². The van der Waals surface area contributed by atoms with Crippen molar-refractivity contribution in [2.75, 3.05) is 32.7 Å². The molecule has 25 heavy (non-hydrogen) atoms. The predicted molar refractivity (Wildman–Crippen MR) is 102 cm³/mol. The summed E-state index contributed by atoms with van der Waals surface area (Å²) >= 11 is 11.9. The maximum atomic E-state index is 12.7. The Bertz CT molecular complexity index is 834. The topological polar surface area (TPSA) is 40.6 Å². The minimum atomic E-state index is -3.48. The van der Waals surface area contributed by atoms with Gasteiger partial charge >= 0.3 is 0 Å². The van der Waals surface area contributed by atoms with Crippen LogP contribution in [0.15, 0.2) is 53.4 Å². The summed E-state index contributed by atoms with van der Waals surface area (Å²) in [6.45, 7) is 3.32. The number of hydrogen-bond donors (Lipinski definition) is 0. The van der Waals surface area contributed by atoms with Gasteiger partial charge in [-0.2, -0.15) is 4.31 Å². The monoisotopic (exact) mass is 398 g/mol. The summed E-state index contributed by atoms with van der Waals surface area (Å²) in [5.74, 6) is 0. The van der Waals surface area contributed by atoms with Crippen LogP contribution in [0.5, 0.6) is 0 Å². The molecular formula is C18H20Cl2N2O2S. The fourth-order valence-electron chi connectivity index (χ4n) is 2.95. The predicted octanol–water partition coefficient (Wildman–Crippen LogP) is 3.54. The van der Waals surface area contributed by atoms with Crippen molar-refractivity contribution in [1.29, 1.82) is 0 Å². The molecule has 7 heteroatoms. The number of nitrogens with zero attached hydrogens (tertiary/aromatic N) is 2. The molecule has 2 aromatic rings. The van der Waals surface area contributed by atoms with Gasteiger partial charge in [0.25, 0.3) is 0 Å². The zero-order valence-electron chi connectivity index (χ0n) is 13.7. The second-order valence-corrected chi connectivity index (χ2v) is 8.89. The van der Waals surface area contributed by atoms with Gasteiger partial charge in [-0.1, -0.05) is 41.4 Å². The molecule has 0 aliphatic carbocycles. The van der Waals surface area contributed by atoms with Crippen LogP contribution in [0.4, 0.5) is 0 Å². The molecule has 2 aromatic carbocycles. The van der Waals surface area contributed by atoms with E-state index in [1.807, 2.05) is 18.2 Å². The lowest BCUT2D eigenvalue weighted by Gasteiger charge is -2.34. The highest BCUT2D eigenvalue weighted by atomic mass is 35.5. The van der Waals surface area contributed by atoms with E-state index in [-0.39, 0.29) is 4.90 Å². The second kappa shape index (κ2) is 8.06. The summed E-state index contributed by atoms with van der Waals surface area (Å²) < 4.78 is 26.9. The molecule has 0 N–H and O–H groups in total. The van der Waals surface area contributed by atoms with Crippen LogP contribution in [0, 0.1) is 0 Å². The highest BCUT2D eigenvalue weighted by Crippen LogP contribution is 2.21. The number of rotatable bonds is 5. The van der Waals surface area contributed by atoms with Gasteiger partial charge in [0.05, 0.1) is 4.90 Å². The summed E-state index contributed by atoms with van der Waals surface area (Å²) in [4.78, 5) is 2.54. The summed E-state index contributed by atoms with van der Waals surface area (Å²) in [6, 6.07) is 14.3. The molecule has 4 nitrogen and oxygen atoms in total. The smallest absolute Gasteiger partial charge is 0.243 e. The quantitative estimate of drug-likeness (QED) is 0.772. The van der Waals surface area contributed by atoms with Gasteiger partial charge in [0.2, 0.25) is 10.0 Å². The Balaban J connectivity index is 1.56. The Morgan fingerprint density at radius 2 is 1.52 bits per heavy atom. The van der Waals surface area contributed by atoms with Gasteiger partial charge in [0.15, 0.2) is 0 Å². The Morgan fingerprint density at radius 1 is 0.880 bits per heavy atom. The van der Waals surface area contributed by atoms with Crippen molar-refractivity contribution in [2.24, 2.45) is 0 Å². The summed E-state index contributed by atoms with van der Waals surface area (Å²) in [5.41, 5.74) is 1.20. The van der Waals surface area contributed by atoms with Crippen LogP contribution in [0.3, 0.4) is 0 Å². The van der Waals surface area contributed by atoms with Crippen LogP contribution in [-0.4, -0.2) is 50.3 Å². The van der Waals surface area contributed by atoms with Gasteiger partial charge in [-0.05, 0) is 42.3 Å². The highest BCUT2D eigenvalue weighted by Gasteiger charge is 2.28. The lowest BCUT2D eigenvalue weighted by atomic mass is 10.1. The maximum absolute atomic E-state index is 12.7. The minimum absolute atomic E-state index is 0.257. The molecule has 1 aliphatic heterocycles. The van der Waals surface area contributed by atoms with E-state index < -0.39 is 10.0 Å². The van der Waals surface area contributed by atoms with E-state index in [1.165, 1.54) is 15.9 Å². The molecule has 0 amide bonds. The zero-order valence-corrected chi connectivity index (χ0v) is 16.1. The molecule has 0 unspecified atom stereocenters. The first kappa shape index (κ1) is 18.7. The first-order valence-electron chi connectivity index (χ1n) is 8.18. The van der Waals surface area contributed by atoms with E-state index >= 15 is 0 Å². The SMILES string of the molecule is O=S(=O)(c1cccc(Cl)c1)N1CCN(CCc2cccc(Cl)c2)CC1. The third-order valence-electron chi connectivity index (χ3n) is 4.37. The fraction of sp³-hybridized carbons (Fsp3) is 0.333. The van der Waals surface area contributed by atoms with Crippen molar-refractivity contribution in [2.45, 2.75) is 11.3 Å². The third kappa shape index (κ3) is 4.74. The zero-order chi connectivity index (χ0) is 17.9. The molecular weight excluding hydrogens is 379 g/mol. The number of hydrogen-bond acceptors (Lipinski definition) is 3. The van der Waals surface area contributed by atoms with Crippen molar-refractivity contribution in [3.05, 3.63) is 64.1 Å². The Morgan fingerprint density at radius 3 is 2.16 bits per heavy atom. The van der Waals surface area contributed by atoms with Gasteiger partial charge in [-0.25, -0.2) is 8.42 Å². The van der Waals surface area contributed by atoms with Crippen LogP contribution in [0.25, 0.3) is 0 Å². The maximum Gasteiger partial charge on any atom is 0.243 e. The van der Waals surface area contributed by atoms with Crippen LogP contribution in [0.2, 0.25) is 10.0 Å². The van der Waals surface area contributed by atoms with Crippen molar-refractivity contribution in [3.8, 4) is 0 Å². The normalized spacial score (nSPS) is 16.9. The number of sulfonamides is 1. The van der Waals surface area contributed by atoms with Crippen LogP contribution < -0.4 is 0 Å². The molecule has 0 bridgehead atoms. The Kier molecular flexibility index (Phi) is 6.02. The van der Waals surface area contributed by atoms with Gasteiger partial charge in [0.1, 0.15) is 0 Å². The largest absolute Gasteiger partial charge is 0.300 e. The number of halogens is 2. The molecule has 0 saturated carbocycles. The average molecular weight is 399 g/mol. The summed E-state index contributed by atoms with van der Waals surface area (Å²) in [5, 5.41) is 1.18. The molecule has 0 spiro atoms. The van der Waals surface area contributed by atoms with Crippen LogP contribution in [-0.2, 0) is 16.4 Å². The number of benzene rings is 2. The molecule has 1 heterocycles. The Hall–Kier alpha value is -1.11. The molecule has 0 aromatic heterocycles. The van der Waals surface area contributed by atoms with Crippen LogP contribution in [0.1, 0.15) is 5.56 Å². The van der Waals surface area contributed by atoms with Gasteiger partial charge < -0.3 is 4.90 Å². The lowest BCUT2D eigenvalue weighted by molar-refractivity contribution is 0.190. The van der Waals surface area contributed by atoms with Crippen molar-refractivity contribution in [1.82, 2.24) is 9.21 Å². The molecule has 0 atom stereocenters.